The summed E-state index contributed by atoms with van der Waals surface area (Å²) < 4.78 is 0. The fourth-order valence-corrected chi connectivity index (χ4v) is 2.02. The number of aryl methyl sites for hydroxylation is 1. The molecule has 0 saturated heterocycles. The lowest BCUT2D eigenvalue weighted by atomic mass is 10.1. The Morgan fingerprint density at radius 1 is 1.59 bits per heavy atom. The van der Waals surface area contributed by atoms with Gasteiger partial charge in [0.05, 0.1) is 0 Å². The molecule has 0 aromatic carbocycles. The monoisotopic (exact) mass is 250 g/mol. The Morgan fingerprint density at radius 3 is 2.76 bits per heavy atom. The molecule has 4 nitrogen and oxygen atoms in total. The molecule has 1 heterocycles. The summed E-state index contributed by atoms with van der Waals surface area (Å²) in [5, 5.41) is 3.26. The van der Waals surface area contributed by atoms with Crippen LogP contribution in [0.1, 0.15) is 31.7 Å². The summed E-state index contributed by atoms with van der Waals surface area (Å²) in [4.78, 5) is 8.93. The molecule has 1 unspecified atom stereocenters. The van der Waals surface area contributed by atoms with Gasteiger partial charge in [0.25, 0.3) is 0 Å². The predicted octanol–water partition coefficient (Wildman–Crippen LogP) is 1.88. The third kappa shape index (κ3) is 2.91. The molecule has 5 heteroatoms. The summed E-state index contributed by atoms with van der Waals surface area (Å²) in [5.74, 6) is 1.33. The first-order chi connectivity index (χ1) is 7.88. The third-order valence-electron chi connectivity index (χ3n) is 3.33. The molecule has 1 saturated carbocycles. The molecular formula is C12H18N4S. The average molecular weight is 250 g/mol. The van der Waals surface area contributed by atoms with E-state index in [0.29, 0.717) is 28.0 Å². The van der Waals surface area contributed by atoms with E-state index in [1.165, 1.54) is 6.42 Å². The van der Waals surface area contributed by atoms with Crippen LogP contribution in [0, 0.1) is 18.3 Å². The topological polar surface area (TPSA) is 63.8 Å². The molecule has 1 aromatic heterocycles. The summed E-state index contributed by atoms with van der Waals surface area (Å²) in [6.07, 6.45) is 1.26. The van der Waals surface area contributed by atoms with Gasteiger partial charge < -0.3 is 11.1 Å². The normalized spacial score (nSPS) is 21.0. The van der Waals surface area contributed by atoms with Gasteiger partial charge in [-0.3, -0.25) is 0 Å². The van der Waals surface area contributed by atoms with Crippen molar-refractivity contribution in [3.8, 4) is 0 Å². The van der Waals surface area contributed by atoms with Crippen LogP contribution in [0.15, 0.2) is 6.07 Å². The van der Waals surface area contributed by atoms with E-state index < -0.39 is 0 Å². The Labute approximate surface area is 107 Å². The lowest BCUT2D eigenvalue weighted by molar-refractivity contribution is 0.572. The number of anilines is 1. The van der Waals surface area contributed by atoms with E-state index in [4.69, 9.17) is 18.0 Å². The second kappa shape index (κ2) is 4.22. The van der Waals surface area contributed by atoms with Crippen LogP contribution < -0.4 is 11.1 Å². The smallest absolute Gasteiger partial charge is 0.223 e. The molecule has 3 N–H and O–H groups in total. The molecule has 0 radical (unpaired) electrons. The zero-order chi connectivity index (χ0) is 12.6. The number of hydrogen-bond acceptors (Lipinski definition) is 4. The first kappa shape index (κ1) is 12.2. The van der Waals surface area contributed by atoms with Crippen LogP contribution in [0.5, 0.6) is 0 Å². The summed E-state index contributed by atoms with van der Waals surface area (Å²) in [5.41, 5.74) is 7.54. The Hall–Kier alpha value is -1.23. The number of hydrogen-bond donors (Lipinski definition) is 2. The zero-order valence-corrected chi connectivity index (χ0v) is 11.3. The van der Waals surface area contributed by atoms with Gasteiger partial charge in [-0.1, -0.05) is 26.1 Å². The van der Waals surface area contributed by atoms with Crippen molar-refractivity contribution in [1.29, 1.82) is 0 Å². The van der Waals surface area contributed by atoms with Crippen molar-refractivity contribution in [3.63, 3.8) is 0 Å². The lowest BCUT2D eigenvalue weighted by Gasteiger charge is -2.08. The average Bonchev–Trinajstić information content (AvgIpc) is 2.83. The van der Waals surface area contributed by atoms with Crippen molar-refractivity contribution >= 4 is 23.2 Å². The molecule has 1 aliphatic carbocycles. The van der Waals surface area contributed by atoms with Gasteiger partial charge in [0.2, 0.25) is 5.95 Å². The zero-order valence-electron chi connectivity index (χ0n) is 10.4. The first-order valence-electron chi connectivity index (χ1n) is 5.78. The Bertz CT molecular complexity index is 456. The van der Waals surface area contributed by atoms with Gasteiger partial charge in [0.15, 0.2) is 0 Å². The maximum Gasteiger partial charge on any atom is 0.223 e. The molecule has 92 valence electrons. The Morgan fingerprint density at radius 2 is 2.24 bits per heavy atom. The third-order valence-corrected chi connectivity index (χ3v) is 3.54. The van der Waals surface area contributed by atoms with E-state index in [9.17, 15) is 0 Å². The van der Waals surface area contributed by atoms with Gasteiger partial charge in [0, 0.05) is 12.2 Å². The van der Waals surface area contributed by atoms with Crippen molar-refractivity contribution in [2.24, 2.45) is 17.1 Å². The van der Waals surface area contributed by atoms with E-state index in [-0.39, 0.29) is 0 Å². The van der Waals surface area contributed by atoms with Gasteiger partial charge in [-0.05, 0) is 30.7 Å². The maximum atomic E-state index is 5.58. The highest BCUT2D eigenvalue weighted by molar-refractivity contribution is 7.80. The SMILES string of the molecule is Cc1cc(C(N)=S)nc(NCC2CC2(C)C)n1. The molecule has 0 amide bonds. The summed E-state index contributed by atoms with van der Waals surface area (Å²) in [6.45, 7) is 7.37. The number of nitrogens with one attached hydrogen (secondary N) is 1. The number of nitrogens with zero attached hydrogens (tertiary/aromatic N) is 2. The fraction of sp³-hybridized carbons (Fsp3) is 0.583. The van der Waals surface area contributed by atoms with E-state index in [2.05, 4.69) is 29.1 Å². The highest BCUT2D eigenvalue weighted by atomic mass is 32.1. The van der Waals surface area contributed by atoms with Crippen LogP contribution in [0.3, 0.4) is 0 Å². The van der Waals surface area contributed by atoms with Crippen LogP contribution >= 0.6 is 12.2 Å². The van der Waals surface area contributed by atoms with Crippen LogP contribution in [0.2, 0.25) is 0 Å². The van der Waals surface area contributed by atoms with E-state index in [1.54, 1.807) is 6.07 Å². The van der Waals surface area contributed by atoms with Gasteiger partial charge in [0.1, 0.15) is 10.7 Å². The molecule has 0 spiro atoms. The summed E-state index contributed by atoms with van der Waals surface area (Å²) in [6, 6.07) is 1.80. The van der Waals surface area contributed by atoms with Crippen molar-refractivity contribution in [2.45, 2.75) is 27.2 Å². The van der Waals surface area contributed by atoms with Crippen molar-refractivity contribution in [1.82, 2.24) is 9.97 Å². The number of thiocarbonyl (C=S) groups is 1. The van der Waals surface area contributed by atoms with Crippen molar-refractivity contribution in [3.05, 3.63) is 17.5 Å². The van der Waals surface area contributed by atoms with E-state index in [1.807, 2.05) is 6.92 Å². The molecule has 17 heavy (non-hydrogen) atoms. The van der Waals surface area contributed by atoms with Crippen LogP contribution in [0.25, 0.3) is 0 Å². The minimum Gasteiger partial charge on any atom is -0.388 e. The summed E-state index contributed by atoms with van der Waals surface area (Å²) >= 11 is 4.93. The maximum absolute atomic E-state index is 5.58. The minimum absolute atomic E-state index is 0.310. The molecular weight excluding hydrogens is 232 g/mol. The van der Waals surface area contributed by atoms with E-state index >= 15 is 0 Å². The molecule has 0 bridgehead atoms. The van der Waals surface area contributed by atoms with Crippen LogP contribution in [0.4, 0.5) is 5.95 Å². The van der Waals surface area contributed by atoms with Gasteiger partial charge in [-0.25, -0.2) is 9.97 Å². The van der Waals surface area contributed by atoms with Gasteiger partial charge in [-0.15, -0.1) is 0 Å². The second-order valence-electron chi connectivity index (χ2n) is 5.35. The Balaban J connectivity index is 2.03. The Kier molecular flexibility index (Phi) is 3.03. The highest BCUT2D eigenvalue weighted by Crippen LogP contribution is 2.51. The van der Waals surface area contributed by atoms with E-state index in [0.717, 1.165) is 12.2 Å². The largest absolute Gasteiger partial charge is 0.388 e. The van der Waals surface area contributed by atoms with Crippen molar-refractivity contribution < 1.29 is 0 Å². The minimum atomic E-state index is 0.310. The van der Waals surface area contributed by atoms with Crippen LogP contribution in [-0.2, 0) is 0 Å². The lowest BCUT2D eigenvalue weighted by Crippen LogP contribution is -2.16. The molecule has 2 rings (SSSR count). The van der Waals surface area contributed by atoms with Crippen molar-refractivity contribution in [2.75, 3.05) is 11.9 Å². The summed E-state index contributed by atoms with van der Waals surface area (Å²) in [7, 11) is 0. The quantitative estimate of drug-likeness (QED) is 0.799. The van der Waals surface area contributed by atoms with Gasteiger partial charge in [-0.2, -0.15) is 0 Å². The molecule has 1 aliphatic rings. The standard InChI is InChI=1S/C12H18N4S/c1-7-4-9(10(13)17)16-11(15-7)14-6-8-5-12(8,2)3/h4,8H,5-6H2,1-3H3,(H2,13,17)(H,14,15,16). The van der Waals surface area contributed by atoms with Gasteiger partial charge >= 0.3 is 0 Å². The molecule has 1 fully saturated rings. The highest BCUT2D eigenvalue weighted by Gasteiger charge is 2.45. The number of aromatic nitrogens is 2. The number of nitrogens with two attached hydrogens (primary N) is 1. The second-order valence-corrected chi connectivity index (χ2v) is 5.79. The first-order valence-corrected chi connectivity index (χ1v) is 6.19. The number of rotatable bonds is 4. The van der Waals surface area contributed by atoms with Crippen LogP contribution in [-0.4, -0.2) is 21.5 Å². The molecule has 1 aromatic rings. The fourth-order valence-electron chi connectivity index (χ4n) is 1.91. The molecule has 0 aliphatic heterocycles. The predicted molar refractivity (Wildman–Crippen MR) is 73.0 cm³/mol. The molecule has 1 atom stereocenters.